The van der Waals surface area contributed by atoms with Crippen LogP contribution in [0.3, 0.4) is 0 Å². The highest BCUT2D eigenvalue weighted by Gasteiger charge is 2.29. The Hall–Kier alpha value is -1.16. The third kappa shape index (κ3) is 2.99. The number of hydrogen-bond donors (Lipinski definition) is 1. The molecule has 0 bridgehead atoms. The minimum absolute atomic E-state index is 0.0278. The van der Waals surface area contributed by atoms with Crippen LogP contribution in [0, 0.1) is 12.3 Å². The van der Waals surface area contributed by atoms with Gasteiger partial charge in [0, 0.05) is 25.4 Å². The summed E-state index contributed by atoms with van der Waals surface area (Å²) in [6.45, 7) is 10.5. The lowest BCUT2D eigenvalue weighted by Gasteiger charge is -2.28. The summed E-state index contributed by atoms with van der Waals surface area (Å²) in [6.07, 6.45) is 0.823. The Balaban J connectivity index is 3.30. The van der Waals surface area contributed by atoms with Gasteiger partial charge in [-0.05, 0) is 18.8 Å². The molecule has 0 amide bonds. The highest BCUT2D eigenvalue weighted by Crippen LogP contribution is 2.34. The van der Waals surface area contributed by atoms with Crippen LogP contribution in [0.2, 0.25) is 0 Å². The third-order valence-corrected chi connectivity index (χ3v) is 3.08. The van der Waals surface area contributed by atoms with E-state index in [1.54, 1.807) is 7.11 Å². The minimum Gasteiger partial charge on any atom is -0.373 e. The lowest BCUT2D eigenvalue weighted by molar-refractivity contribution is 0.00862. The van der Waals surface area contributed by atoms with Gasteiger partial charge in [-0.3, -0.25) is 0 Å². The molecule has 0 radical (unpaired) electrons. The van der Waals surface area contributed by atoms with Crippen molar-refractivity contribution in [2.24, 2.45) is 5.41 Å². The zero-order valence-corrected chi connectivity index (χ0v) is 12.6. The minimum atomic E-state index is -0.103. The van der Waals surface area contributed by atoms with Gasteiger partial charge in [0.25, 0.3) is 0 Å². The van der Waals surface area contributed by atoms with Crippen LogP contribution < -0.4 is 5.32 Å². The molecule has 1 unspecified atom stereocenters. The number of aromatic nitrogens is 2. The number of hydrogen-bond acceptors (Lipinski definition) is 4. The number of ether oxygens (including phenoxy) is 1. The van der Waals surface area contributed by atoms with E-state index in [-0.39, 0.29) is 11.5 Å². The molecule has 18 heavy (non-hydrogen) atoms. The first-order valence-electron chi connectivity index (χ1n) is 6.43. The van der Waals surface area contributed by atoms with Gasteiger partial charge in [0.05, 0.1) is 0 Å². The molecule has 0 aromatic carbocycles. The molecule has 4 nitrogen and oxygen atoms in total. The second-order valence-electron chi connectivity index (χ2n) is 5.58. The van der Waals surface area contributed by atoms with Crippen molar-refractivity contribution in [1.29, 1.82) is 0 Å². The van der Waals surface area contributed by atoms with Gasteiger partial charge in [-0.15, -0.1) is 0 Å². The zero-order valence-electron chi connectivity index (χ0n) is 12.6. The first-order valence-corrected chi connectivity index (χ1v) is 6.43. The fraction of sp³-hybridized carbons (Fsp3) is 0.714. The van der Waals surface area contributed by atoms with E-state index in [1.165, 1.54) is 5.56 Å². The Morgan fingerprint density at radius 3 is 2.28 bits per heavy atom. The number of nitrogens with one attached hydrogen (secondary N) is 1. The topological polar surface area (TPSA) is 47.0 Å². The summed E-state index contributed by atoms with van der Waals surface area (Å²) in [4.78, 5) is 9.23. The van der Waals surface area contributed by atoms with E-state index in [2.05, 4.69) is 43.0 Å². The van der Waals surface area contributed by atoms with Crippen LogP contribution in [0.4, 0.5) is 5.82 Å². The predicted molar refractivity (Wildman–Crippen MR) is 74.9 cm³/mol. The van der Waals surface area contributed by atoms with Crippen molar-refractivity contribution >= 4 is 5.82 Å². The van der Waals surface area contributed by atoms with Gasteiger partial charge < -0.3 is 10.1 Å². The Kier molecular flexibility index (Phi) is 4.68. The summed E-state index contributed by atoms with van der Waals surface area (Å²) in [6, 6.07) is 0. The molecule has 0 aliphatic carbocycles. The Morgan fingerprint density at radius 1 is 1.28 bits per heavy atom. The molecule has 1 atom stereocenters. The molecule has 0 saturated carbocycles. The van der Waals surface area contributed by atoms with E-state index in [4.69, 9.17) is 4.74 Å². The molecule has 102 valence electrons. The van der Waals surface area contributed by atoms with Gasteiger partial charge in [-0.2, -0.15) is 0 Å². The van der Waals surface area contributed by atoms with Gasteiger partial charge >= 0.3 is 0 Å². The van der Waals surface area contributed by atoms with Crippen LogP contribution in [-0.4, -0.2) is 24.1 Å². The van der Waals surface area contributed by atoms with Crippen molar-refractivity contribution in [2.45, 2.75) is 47.1 Å². The van der Waals surface area contributed by atoms with E-state index in [0.717, 1.165) is 23.8 Å². The highest BCUT2D eigenvalue weighted by molar-refractivity contribution is 5.46. The second-order valence-corrected chi connectivity index (χ2v) is 5.58. The van der Waals surface area contributed by atoms with Crippen molar-refractivity contribution in [3.63, 3.8) is 0 Å². The van der Waals surface area contributed by atoms with Crippen molar-refractivity contribution in [2.75, 3.05) is 19.5 Å². The summed E-state index contributed by atoms with van der Waals surface area (Å²) in [5.41, 5.74) is 2.17. The first kappa shape index (κ1) is 14.9. The summed E-state index contributed by atoms with van der Waals surface area (Å²) in [7, 11) is 3.60. The second kappa shape index (κ2) is 5.65. The van der Waals surface area contributed by atoms with Crippen LogP contribution in [0.5, 0.6) is 0 Å². The molecular formula is C14H25N3O. The summed E-state index contributed by atoms with van der Waals surface area (Å²) in [5.74, 6) is 1.66. The molecule has 1 heterocycles. The maximum absolute atomic E-state index is 5.58. The van der Waals surface area contributed by atoms with E-state index in [1.807, 2.05) is 14.0 Å². The number of nitrogens with zero attached hydrogens (tertiary/aromatic N) is 2. The van der Waals surface area contributed by atoms with Crippen molar-refractivity contribution in [3.8, 4) is 0 Å². The molecule has 1 aromatic heterocycles. The summed E-state index contributed by atoms with van der Waals surface area (Å²) >= 11 is 0. The number of anilines is 1. The van der Waals surface area contributed by atoms with Crippen LogP contribution in [-0.2, 0) is 11.2 Å². The molecule has 1 N–H and O–H groups in total. The van der Waals surface area contributed by atoms with E-state index in [9.17, 15) is 0 Å². The van der Waals surface area contributed by atoms with E-state index < -0.39 is 0 Å². The molecule has 0 aliphatic heterocycles. The maximum Gasteiger partial charge on any atom is 0.160 e. The van der Waals surface area contributed by atoms with Crippen LogP contribution in [0.1, 0.15) is 50.9 Å². The monoisotopic (exact) mass is 251 g/mol. The predicted octanol–water partition coefficient (Wildman–Crippen LogP) is 3.12. The highest BCUT2D eigenvalue weighted by atomic mass is 16.5. The summed E-state index contributed by atoms with van der Waals surface area (Å²) in [5, 5.41) is 3.15. The standard InChI is InChI=1S/C14H25N3O/c1-8-10-9(2)16-13(17-12(10)15-6)11(18-7)14(3,4)5/h11H,8H2,1-7H3,(H,15,16,17). The maximum atomic E-state index is 5.58. The molecule has 0 aliphatic rings. The van der Waals surface area contributed by atoms with Crippen molar-refractivity contribution in [1.82, 2.24) is 9.97 Å². The van der Waals surface area contributed by atoms with Gasteiger partial charge in [-0.25, -0.2) is 9.97 Å². The van der Waals surface area contributed by atoms with Crippen LogP contribution >= 0.6 is 0 Å². The van der Waals surface area contributed by atoms with E-state index >= 15 is 0 Å². The fourth-order valence-corrected chi connectivity index (χ4v) is 2.21. The van der Waals surface area contributed by atoms with Crippen molar-refractivity contribution < 1.29 is 4.74 Å². The zero-order chi connectivity index (χ0) is 13.9. The van der Waals surface area contributed by atoms with Gasteiger partial charge in [-0.1, -0.05) is 27.7 Å². The van der Waals surface area contributed by atoms with Crippen LogP contribution in [0.25, 0.3) is 0 Å². The Labute approximate surface area is 110 Å². The lowest BCUT2D eigenvalue weighted by atomic mass is 9.88. The summed E-state index contributed by atoms with van der Waals surface area (Å²) < 4.78 is 5.58. The lowest BCUT2D eigenvalue weighted by Crippen LogP contribution is -2.23. The smallest absolute Gasteiger partial charge is 0.160 e. The van der Waals surface area contributed by atoms with E-state index in [0.29, 0.717) is 0 Å². The average Bonchev–Trinajstić information content (AvgIpc) is 2.27. The van der Waals surface area contributed by atoms with Gasteiger partial charge in [0.1, 0.15) is 11.9 Å². The van der Waals surface area contributed by atoms with Crippen LogP contribution in [0.15, 0.2) is 0 Å². The number of aryl methyl sites for hydroxylation is 1. The molecule has 1 aromatic rings. The molecule has 1 rings (SSSR count). The number of methoxy groups -OCH3 is 1. The molecule has 0 spiro atoms. The first-order chi connectivity index (χ1) is 8.35. The Morgan fingerprint density at radius 2 is 1.89 bits per heavy atom. The molecule has 0 fully saturated rings. The molecule has 4 heteroatoms. The average molecular weight is 251 g/mol. The largest absolute Gasteiger partial charge is 0.373 e. The SMILES string of the molecule is CCc1c(C)nc(C(OC)C(C)(C)C)nc1NC. The quantitative estimate of drug-likeness (QED) is 0.893. The molecular weight excluding hydrogens is 226 g/mol. The third-order valence-electron chi connectivity index (χ3n) is 3.08. The Bertz CT molecular complexity index is 410. The van der Waals surface area contributed by atoms with Crippen molar-refractivity contribution in [3.05, 3.63) is 17.1 Å². The van der Waals surface area contributed by atoms with Gasteiger partial charge in [0.2, 0.25) is 0 Å². The fourth-order valence-electron chi connectivity index (χ4n) is 2.21. The number of rotatable bonds is 4. The molecule has 0 saturated heterocycles. The normalized spacial score (nSPS) is 13.5. The van der Waals surface area contributed by atoms with Gasteiger partial charge in [0.15, 0.2) is 5.82 Å².